The van der Waals surface area contributed by atoms with Crippen LogP contribution in [0, 0.1) is 0 Å². The highest BCUT2D eigenvalue weighted by atomic mass is 79.9. The van der Waals surface area contributed by atoms with Gasteiger partial charge in [0.1, 0.15) is 11.5 Å². The second-order valence-corrected chi connectivity index (χ2v) is 6.10. The lowest BCUT2D eigenvalue weighted by Gasteiger charge is -2.08. The number of hydrogen-bond acceptors (Lipinski definition) is 5. The van der Waals surface area contributed by atoms with Crippen molar-refractivity contribution >= 4 is 38.9 Å². The van der Waals surface area contributed by atoms with Gasteiger partial charge >= 0.3 is 0 Å². The van der Waals surface area contributed by atoms with Crippen LogP contribution in [0.25, 0.3) is 0 Å². The zero-order chi connectivity index (χ0) is 15.9. The molecule has 0 unspecified atom stereocenters. The highest BCUT2D eigenvalue weighted by Gasteiger charge is 2.07. The molecule has 2 rings (SSSR count). The summed E-state index contributed by atoms with van der Waals surface area (Å²) in [7, 11) is 1.59. The standard InChI is InChI=1S/C15H15BrN2O3S/c1-10(14-4-3-7-22-14)17-18-15(19)9-21-13-6-5-11(20-2)8-12(13)16/h3-8H,9H2,1-2H3,(H,18,19)/b17-10-. The Morgan fingerprint density at radius 1 is 1.41 bits per heavy atom. The summed E-state index contributed by atoms with van der Waals surface area (Å²) in [5.74, 6) is 0.952. The van der Waals surface area contributed by atoms with Gasteiger partial charge in [-0.2, -0.15) is 5.10 Å². The number of methoxy groups -OCH3 is 1. The number of benzene rings is 1. The molecule has 1 amide bonds. The number of nitrogens with one attached hydrogen (secondary N) is 1. The third-order valence-corrected chi connectivity index (χ3v) is 4.32. The molecule has 116 valence electrons. The van der Waals surface area contributed by atoms with Gasteiger partial charge in [-0.15, -0.1) is 11.3 Å². The molecule has 0 aliphatic heterocycles. The summed E-state index contributed by atoms with van der Waals surface area (Å²) in [6, 6.07) is 9.14. The van der Waals surface area contributed by atoms with E-state index in [0.29, 0.717) is 11.5 Å². The highest BCUT2D eigenvalue weighted by Crippen LogP contribution is 2.28. The molecule has 0 saturated heterocycles. The maximum Gasteiger partial charge on any atom is 0.277 e. The summed E-state index contributed by atoms with van der Waals surface area (Å²) in [4.78, 5) is 12.8. The van der Waals surface area contributed by atoms with Crippen molar-refractivity contribution in [2.45, 2.75) is 6.92 Å². The lowest BCUT2D eigenvalue weighted by Crippen LogP contribution is -2.25. The Hall–Kier alpha value is -1.86. The van der Waals surface area contributed by atoms with E-state index in [4.69, 9.17) is 9.47 Å². The number of carbonyl (C=O) groups is 1. The minimum Gasteiger partial charge on any atom is -0.497 e. The van der Waals surface area contributed by atoms with E-state index < -0.39 is 0 Å². The summed E-state index contributed by atoms with van der Waals surface area (Å²) in [6.45, 7) is 1.72. The minimum atomic E-state index is -0.321. The van der Waals surface area contributed by atoms with Gasteiger partial charge in [-0.05, 0) is 52.5 Å². The van der Waals surface area contributed by atoms with E-state index in [0.717, 1.165) is 15.1 Å². The monoisotopic (exact) mass is 382 g/mol. The fourth-order valence-corrected chi connectivity index (χ4v) is 2.74. The summed E-state index contributed by atoms with van der Waals surface area (Å²) in [5, 5.41) is 6.00. The first-order valence-electron chi connectivity index (χ1n) is 6.43. The molecule has 2 aromatic rings. The third-order valence-electron chi connectivity index (χ3n) is 2.72. The van der Waals surface area contributed by atoms with Gasteiger partial charge in [0.25, 0.3) is 5.91 Å². The number of thiophene rings is 1. The number of hydrazone groups is 1. The Morgan fingerprint density at radius 2 is 2.23 bits per heavy atom. The Kier molecular flexibility index (Phi) is 5.97. The molecule has 1 N–H and O–H groups in total. The molecule has 7 heteroatoms. The number of amides is 1. The largest absolute Gasteiger partial charge is 0.497 e. The second kappa shape index (κ2) is 7.95. The van der Waals surface area contributed by atoms with Gasteiger partial charge in [0.2, 0.25) is 0 Å². The van der Waals surface area contributed by atoms with Gasteiger partial charge in [0.15, 0.2) is 6.61 Å². The van der Waals surface area contributed by atoms with Crippen molar-refractivity contribution in [3.05, 3.63) is 45.1 Å². The van der Waals surface area contributed by atoms with E-state index in [1.54, 1.807) is 36.6 Å². The normalized spacial score (nSPS) is 11.1. The van der Waals surface area contributed by atoms with Crippen molar-refractivity contribution in [1.29, 1.82) is 0 Å². The van der Waals surface area contributed by atoms with Crippen molar-refractivity contribution in [3.8, 4) is 11.5 Å². The maximum atomic E-state index is 11.7. The Bertz CT molecular complexity index is 671. The van der Waals surface area contributed by atoms with Crippen LogP contribution in [0.3, 0.4) is 0 Å². The molecule has 1 aromatic carbocycles. The minimum absolute atomic E-state index is 0.119. The molecule has 0 fully saturated rings. The Balaban J connectivity index is 1.87. The number of hydrogen-bond donors (Lipinski definition) is 1. The van der Waals surface area contributed by atoms with Crippen LogP contribution < -0.4 is 14.9 Å². The SMILES string of the molecule is COc1ccc(OCC(=O)N/N=C(/C)c2cccs2)c(Br)c1. The van der Waals surface area contributed by atoms with E-state index >= 15 is 0 Å². The quantitative estimate of drug-likeness (QED) is 0.614. The van der Waals surface area contributed by atoms with E-state index in [-0.39, 0.29) is 12.5 Å². The molecule has 0 spiro atoms. The van der Waals surface area contributed by atoms with Crippen LogP contribution in [0.15, 0.2) is 45.3 Å². The van der Waals surface area contributed by atoms with Gasteiger partial charge in [-0.25, -0.2) is 5.43 Å². The van der Waals surface area contributed by atoms with E-state index in [2.05, 4.69) is 26.5 Å². The summed E-state index contributed by atoms with van der Waals surface area (Å²) in [6.07, 6.45) is 0. The van der Waals surface area contributed by atoms with Crippen LogP contribution in [0.5, 0.6) is 11.5 Å². The van der Waals surface area contributed by atoms with Gasteiger partial charge in [-0.1, -0.05) is 6.07 Å². The molecule has 0 bridgehead atoms. The Morgan fingerprint density at radius 3 is 2.86 bits per heavy atom. The average Bonchev–Trinajstić information content (AvgIpc) is 3.05. The van der Waals surface area contributed by atoms with Crippen molar-refractivity contribution in [2.75, 3.05) is 13.7 Å². The van der Waals surface area contributed by atoms with Crippen LogP contribution in [-0.4, -0.2) is 25.3 Å². The van der Waals surface area contributed by atoms with Gasteiger partial charge in [0, 0.05) is 4.88 Å². The van der Waals surface area contributed by atoms with Crippen LogP contribution in [-0.2, 0) is 4.79 Å². The van der Waals surface area contributed by atoms with Crippen molar-refractivity contribution < 1.29 is 14.3 Å². The molecular weight excluding hydrogens is 368 g/mol. The molecule has 0 atom stereocenters. The number of nitrogens with zero attached hydrogens (tertiary/aromatic N) is 1. The molecule has 22 heavy (non-hydrogen) atoms. The average molecular weight is 383 g/mol. The number of carbonyl (C=O) groups excluding carboxylic acids is 1. The zero-order valence-corrected chi connectivity index (χ0v) is 14.5. The Labute approximate surface area is 141 Å². The molecule has 0 radical (unpaired) electrons. The number of halogens is 1. The summed E-state index contributed by atoms with van der Waals surface area (Å²) < 4.78 is 11.3. The highest BCUT2D eigenvalue weighted by molar-refractivity contribution is 9.10. The van der Waals surface area contributed by atoms with Crippen LogP contribution in [0.2, 0.25) is 0 Å². The molecule has 5 nitrogen and oxygen atoms in total. The predicted molar refractivity (Wildman–Crippen MR) is 90.9 cm³/mol. The van der Waals surface area contributed by atoms with E-state index in [9.17, 15) is 4.79 Å². The molecular formula is C15H15BrN2O3S. The molecule has 1 heterocycles. The van der Waals surface area contributed by atoms with Gasteiger partial charge < -0.3 is 9.47 Å². The third kappa shape index (κ3) is 4.57. The summed E-state index contributed by atoms with van der Waals surface area (Å²) in [5.41, 5.74) is 3.23. The molecule has 1 aromatic heterocycles. The van der Waals surface area contributed by atoms with Crippen molar-refractivity contribution in [1.82, 2.24) is 5.43 Å². The smallest absolute Gasteiger partial charge is 0.277 e. The predicted octanol–water partition coefficient (Wildman–Crippen LogP) is 3.44. The van der Waals surface area contributed by atoms with Crippen LogP contribution in [0.1, 0.15) is 11.8 Å². The van der Waals surface area contributed by atoms with E-state index in [1.807, 2.05) is 24.4 Å². The van der Waals surface area contributed by atoms with Gasteiger partial charge in [-0.3, -0.25) is 4.79 Å². The van der Waals surface area contributed by atoms with Crippen molar-refractivity contribution in [3.63, 3.8) is 0 Å². The fraction of sp³-hybridized carbons (Fsp3) is 0.200. The van der Waals surface area contributed by atoms with E-state index in [1.165, 1.54) is 0 Å². The van der Waals surface area contributed by atoms with Gasteiger partial charge in [0.05, 0.1) is 17.3 Å². The zero-order valence-electron chi connectivity index (χ0n) is 12.1. The first-order valence-corrected chi connectivity index (χ1v) is 8.10. The fourth-order valence-electron chi connectivity index (χ4n) is 1.59. The summed E-state index contributed by atoms with van der Waals surface area (Å²) >= 11 is 4.93. The first-order chi connectivity index (χ1) is 10.6. The van der Waals surface area contributed by atoms with Crippen molar-refractivity contribution in [2.24, 2.45) is 5.10 Å². The number of rotatable bonds is 6. The first kappa shape index (κ1) is 16.5. The maximum absolute atomic E-state index is 11.7. The van der Waals surface area contributed by atoms with Crippen LogP contribution >= 0.6 is 27.3 Å². The number of ether oxygens (including phenoxy) is 2. The molecule has 0 saturated carbocycles. The lowest BCUT2D eigenvalue weighted by molar-refractivity contribution is -0.123. The second-order valence-electron chi connectivity index (χ2n) is 4.29. The molecule has 0 aliphatic carbocycles. The topological polar surface area (TPSA) is 59.9 Å². The van der Waals surface area contributed by atoms with Crippen LogP contribution in [0.4, 0.5) is 0 Å². The lowest BCUT2D eigenvalue weighted by atomic mass is 10.3. The molecule has 0 aliphatic rings.